The van der Waals surface area contributed by atoms with Crippen molar-refractivity contribution in [2.45, 2.75) is 18.6 Å². The van der Waals surface area contributed by atoms with Crippen molar-refractivity contribution in [3.63, 3.8) is 0 Å². The number of benzene rings is 2. The van der Waals surface area contributed by atoms with Gasteiger partial charge in [-0.15, -0.1) is 0 Å². The lowest BCUT2D eigenvalue weighted by Gasteiger charge is -2.29. The molecule has 6 rings (SSSR count). The van der Waals surface area contributed by atoms with Crippen LogP contribution in [0.4, 0.5) is 10.2 Å². The number of rotatable bonds is 6. The molecule has 2 aliphatic rings. The van der Waals surface area contributed by atoms with E-state index in [0.29, 0.717) is 28.4 Å². The van der Waals surface area contributed by atoms with Crippen LogP contribution in [0.5, 0.6) is 6.01 Å². The average molecular weight is 537 g/mol. The lowest BCUT2D eigenvalue weighted by molar-refractivity contribution is 0.111. The lowest BCUT2D eigenvalue weighted by Crippen LogP contribution is -2.44. The number of likely N-dealkylation sites (tertiary alicyclic amines) is 1. The summed E-state index contributed by atoms with van der Waals surface area (Å²) in [6.45, 7) is 4.35. The molecule has 4 aromatic rings. The Hall–Kier alpha value is -3.11. The van der Waals surface area contributed by atoms with Crippen molar-refractivity contribution in [2.24, 2.45) is 0 Å². The van der Waals surface area contributed by atoms with E-state index < -0.39 is 5.82 Å². The maximum Gasteiger partial charge on any atom is 0.319 e. The van der Waals surface area contributed by atoms with Crippen molar-refractivity contribution >= 4 is 39.1 Å². The molecule has 2 atom stereocenters. The summed E-state index contributed by atoms with van der Waals surface area (Å²) in [6, 6.07) is 11.6. The zero-order chi connectivity index (χ0) is 26.2. The normalized spacial score (nSPS) is 20.5. The highest BCUT2D eigenvalue weighted by Gasteiger charge is 2.30. The molecule has 0 unspecified atom stereocenters. The van der Waals surface area contributed by atoms with Gasteiger partial charge in [0, 0.05) is 68.0 Å². The Morgan fingerprint density at radius 3 is 2.68 bits per heavy atom. The molecule has 1 N–H and O–H groups in total. The van der Waals surface area contributed by atoms with Crippen molar-refractivity contribution in [3.05, 3.63) is 53.4 Å². The number of hydrogen-bond acceptors (Lipinski definition) is 8. The van der Waals surface area contributed by atoms with Crippen LogP contribution >= 0.6 is 11.6 Å². The van der Waals surface area contributed by atoms with Gasteiger partial charge in [0.2, 0.25) is 0 Å². The number of anilines is 1. The second kappa shape index (κ2) is 10.6. The number of nitrogens with zero attached hydrogens (tertiary/aromatic N) is 5. The predicted octanol–water partition coefficient (Wildman–Crippen LogP) is 4.15. The molecule has 10 heteroatoms. The highest BCUT2D eigenvalue weighted by molar-refractivity contribution is 6.36. The molecular weight excluding hydrogens is 507 g/mol. The monoisotopic (exact) mass is 536 g/mol. The first-order chi connectivity index (χ1) is 18.5. The third-order valence-electron chi connectivity index (χ3n) is 7.56. The Balaban J connectivity index is 1.44. The minimum Gasteiger partial charge on any atom is -0.462 e. The smallest absolute Gasteiger partial charge is 0.319 e. The molecule has 2 aromatic carbocycles. The first-order valence-corrected chi connectivity index (χ1v) is 13.3. The summed E-state index contributed by atoms with van der Waals surface area (Å²) in [7, 11) is 3.78. The third-order valence-corrected chi connectivity index (χ3v) is 7.87. The zero-order valence-corrected chi connectivity index (χ0v) is 22.2. The Labute approximate surface area is 225 Å². The van der Waals surface area contributed by atoms with Crippen molar-refractivity contribution in [3.8, 4) is 17.3 Å². The highest BCUT2D eigenvalue weighted by atomic mass is 35.5. The lowest BCUT2D eigenvalue weighted by atomic mass is 10.0. The number of methoxy groups -OCH3 is 1. The van der Waals surface area contributed by atoms with Gasteiger partial charge in [-0.25, -0.2) is 4.39 Å². The van der Waals surface area contributed by atoms with E-state index in [1.165, 1.54) is 0 Å². The Kier molecular flexibility index (Phi) is 7.01. The number of halogens is 2. The molecule has 198 valence electrons. The standard InChI is InChI=1S/C28H30ClFN6O2/c1-35-15-19(37-2)13-18(35)16-38-28-33-26-21(27(34-28)36-11-9-31-10-12-36)14-32-25(24(26)30)20-7-3-5-17-6-4-8-22(29)23(17)20/h3-8,14,18-19,31H,9-13,15-16H2,1-2H3/t18-,19+/m0/s1. The Bertz CT molecular complexity index is 1480. The Morgan fingerprint density at radius 1 is 1.13 bits per heavy atom. The third kappa shape index (κ3) is 4.64. The van der Waals surface area contributed by atoms with Gasteiger partial charge >= 0.3 is 6.01 Å². The number of fused-ring (bicyclic) bond motifs is 2. The predicted molar refractivity (Wildman–Crippen MR) is 148 cm³/mol. The van der Waals surface area contributed by atoms with Gasteiger partial charge in [0.15, 0.2) is 5.82 Å². The van der Waals surface area contributed by atoms with E-state index in [4.69, 9.17) is 26.1 Å². The topological polar surface area (TPSA) is 75.6 Å². The molecule has 0 saturated carbocycles. The van der Waals surface area contributed by atoms with Crippen LogP contribution in [0.25, 0.3) is 32.9 Å². The number of ether oxygens (including phenoxy) is 2. The highest BCUT2D eigenvalue weighted by Crippen LogP contribution is 2.37. The first-order valence-electron chi connectivity index (χ1n) is 12.9. The van der Waals surface area contributed by atoms with Gasteiger partial charge < -0.3 is 19.7 Å². The van der Waals surface area contributed by atoms with Crippen LogP contribution in [0, 0.1) is 5.82 Å². The minimum absolute atomic E-state index is 0.160. The molecule has 0 bridgehead atoms. The van der Waals surface area contributed by atoms with Crippen molar-refractivity contribution in [2.75, 3.05) is 58.4 Å². The largest absolute Gasteiger partial charge is 0.462 e. The number of piperazine rings is 1. The first kappa shape index (κ1) is 25.2. The maximum atomic E-state index is 16.3. The average Bonchev–Trinajstić information content (AvgIpc) is 3.32. The van der Waals surface area contributed by atoms with E-state index in [0.717, 1.165) is 49.9 Å². The number of aromatic nitrogens is 3. The molecule has 2 aromatic heterocycles. The second-order valence-corrected chi connectivity index (χ2v) is 10.3. The van der Waals surface area contributed by atoms with Crippen LogP contribution in [0.1, 0.15) is 6.42 Å². The number of likely N-dealkylation sites (N-methyl/N-ethyl adjacent to an activating group) is 1. The molecule has 0 radical (unpaired) electrons. The summed E-state index contributed by atoms with van der Waals surface area (Å²) < 4.78 is 28.0. The van der Waals surface area contributed by atoms with E-state index in [2.05, 4.69) is 25.1 Å². The summed E-state index contributed by atoms with van der Waals surface area (Å²) in [4.78, 5) is 18.2. The number of hydrogen-bond donors (Lipinski definition) is 1. The van der Waals surface area contributed by atoms with Gasteiger partial charge in [0.05, 0.1) is 11.5 Å². The molecule has 4 heterocycles. The quantitative estimate of drug-likeness (QED) is 0.394. The molecule has 0 spiro atoms. The van der Waals surface area contributed by atoms with Gasteiger partial charge in [0.1, 0.15) is 23.6 Å². The molecule has 2 fully saturated rings. The van der Waals surface area contributed by atoms with Crippen molar-refractivity contribution in [1.29, 1.82) is 0 Å². The van der Waals surface area contributed by atoms with E-state index in [1.54, 1.807) is 19.4 Å². The summed E-state index contributed by atoms with van der Waals surface area (Å²) in [5.74, 6) is 0.117. The molecule has 38 heavy (non-hydrogen) atoms. The number of nitrogens with one attached hydrogen (secondary N) is 1. The molecular formula is C28H30ClFN6O2. The molecule has 0 aliphatic carbocycles. The fourth-order valence-electron chi connectivity index (χ4n) is 5.45. The van der Waals surface area contributed by atoms with Gasteiger partial charge in [-0.3, -0.25) is 9.88 Å². The molecule has 0 amide bonds. The van der Waals surface area contributed by atoms with Gasteiger partial charge in [-0.1, -0.05) is 41.9 Å². The van der Waals surface area contributed by atoms with Crippen LogP contribution in [0.2, 0.25) is 5.02 Å². The van der Waals surface area contributed by atoms with Crippen molar-refractivity contribution in [1.82, 2.24) is 25.2 Å². The molecule has 2 saturated heterocycles. The summed E-state index contributed by atoms with van der Waals surface area (Å²) >= 11 is 6.55. The number of pyridine rings is 1. The van der Waals surface area contributed by atoms with Crippen LogP contribution < -0.4 is 15.0 Å². The molecule has 2 aliphatic heterocycles. The van der Waals surface area contributed by atoms with Crippen LogP contribution in [-0.2, 0) is 4.74 Å². The van der Waals surface area contributed by atoms with Gasteiger partial charge in [0.25, 0.3) is 0 Å². The Morgan fingerprint density at radius 2 is 1.92 bits per heavy atom. The van der Waals surface area contributed by atoms with Crippen LogP contribution in [0.15, 0.2) is 42.6 Å². The van der Waals surface area contributed by atoms with Crippen molar-refractivity contribution < 1.29 is 13.9 Å². The fourth-order valence-corrected chi connectivity index (χ4v) is 5.73. The maximum absolute atomic E-state index is 16.3. The van der Waals surface area contributed by atoms with E-state index in [9.17, 15) is 0 Å². The van der Waals surface area contributed by atoms with Gasteiger partial charge in [-0.05, 0) is 24.9 Å². The molecule has 8 nitrogen and oxygen atoms in total. The van der Waals surface area contributed by atoms with Crippen LogP contribution in [0.3, 0.4) is 0 Å². The second-order valence-electron chi connectivity index (χ2n) is 9.89. The van der Waals surface area contributed by atoms with Gasteiger partial charge in [-0.2, -0.15) is 9.97 Å². The van der Waals surface area contributed by atoms with Crippen LogP contribution in [-0.4, -0.2) is 85.5 Å². The zero-order valence-electron chi connectivity index (χ0n) is 21.5. The summed E-state index contributed by atoms with van der Waals surface area (Å²) in [5.41, 5.74) is 1.01. The minimum atomic E-state index is -0.518. The van der Waals surface area contributed by atoms with E-state index >= 15 is 4.39 Å². The summed E-state index contributed by atoms with van der Waals surface area (Å²) in [6.07, 6.45) is 2.69. The summed E-state index contributed by atoms with van der Waals surface area (Å²) in [5, 5.41) is 6.13. The van der Waals surface area contributed by atoms with E-state index in [-0.39, 0.29) is 29.4 Å². The SMILES string of the molecule is CO[C@@H]1C[C@@H](COc2nc(N3CCNCC3)c3cnc(-c4cccc5cccc(Cl)c45)c(F)c3n2)N(C)C1. The van der Waals surface area contributed by atoms with E-state index in [1.807, 2.05) is 37.4 Å². The fraction of sp³-hybridized carbons (Fsp3) is 0.393.